The fourth-order valence-electron chi connectivity index (χ4n) is 2.14. The zero-order valence-electron chi connectivity index (χ0n) is 9.60. The Labute approximate surface area is 104 Å². The van der Waals surface area contributed by atoms with Gasteiger partial charge in [0.1, 0.15) is 5.76 Å². The molecule has 1 aromatic heterocycles. The first kappa shape index (κ1) is 10.8. The average Bonchev–Trinajstić information content (AvgIpc) is 2.88. The van der Waals surface area contributed by atoms with Crippen molar-refractivity contribution in [3.05, 3.63) is 47.2 Å². The van der Waals surface area contributed by atoms with Crippen LogP contribution < -0.4 is 5.32 Å². The molecule has 0 aliphatic carbocycles. The fraction of sp³-hybridized carbons (Fsp3) is 0.143. The Bertz CT molecular complexity index is 628. The van der Waals surface area contributed by atoms with E-state index < -0.39 is 0 Å². The number of furan rings is 1. The van der Waals surface area contributed by atoms with Crippen molar-refractivity contribution in [3.8, 4) is 11.3 Å². The topological polar surface area (TPSA) is 59.3 Å². The summed E-state index contributed by atoms with van der Waals surface area (Å²) in [5, 5.41) is 2.81. The van der Waals surface area contributed by atoms with E-state index in [0.29, 0.717) is 24.2 Å². The highest BCUT2D eigenvalue weighted by molar-refractivity contribution is 5.97. The summed E-state index contributed by atoms with van der Waals surface area (Å²) in [5.41, 5.74) is 2.53. The lowest BCUT2D eigenvalue weighted by Gasteiger charge is -2.16. The van der Waals surface area contributed by atoms with Gasteiger partial charge in [0, 0.05) is 17.7 Å². The summed E-state index contributed by atoms with van der Waals surface area (Å²) in [6.07, 6.45) is 1.51. The highest BCUT2D eigenvalue weighted by Crippen LogP contribution is 2.25. The van der Waals surface area contributed by atoms with Crippen LogP contribution in [0.25, 0.3) is 11.3 Å². The van der Waals surface area contributed by atoms with Crippen LogP contribution in [0.15, 0.2) is 34.7 Å². The Balaban J connectivity index is 2.06. The molecule has 0 atom stereocenters. The maximum Gasteiger partial charge on any atom is 0.251 e. The first-order valence-corrected chi connectivity index (χ1v) is 5.74. The maximum atomic E-state index is 11.7. The van der Waals surface area contributed by atoms with Gasteiger partial charge in [-0.25, -0.2) is 0 Å². The zero-order valence-corrected chi connectivity index (χ0v) is 9.60. The molecular formula is C14H11NO3. The molecule has 90 valence electrons. The molecule has 0 spiro atoms. The van der Waals surface area contributed by atoms with E-state index in [4.69, 9.17) is 4.42 Å². The lowest BCUT2D eigenvalue weighted by atomic mass is 9.97. The van der Waals surface area contributed by atoms with Crippen LogP contribution in [-0.4, -0.2) is 18.7 Å². The minimum atomic E-state index is -0.0553. The molecule has 0 saturated heterocycles. The van der Waals surface area contributed by atoms with Crippen LogP contribution in [0.2, 0.25) is 0 Å². The lowest BCUT2D eigenvalue weighted by Crippen LogP contribution is -2.31. The van der Waals surface area contributed by atoms with Crippen molar-refractivity contribution < 1.29 is 14.0 Å². The number of hydrogen-bond donors (Lipinski definition) is 1. The third kappa shape index (κ3) is 1.72. The number of aldehydes is 1. The zero-order chi connectivity index (χ0) is 12.5. The number of carbonyl (C=O) groups is 2. The van der Waals surface area contributed by atoms with Gasteiger partial charge in [-0.15, -0.1) is 0 Å². The van der Waals surface area contributed by atoms with Gasteiger partial charge in [0.25, 0.3) is 5.91 Å². The van der Waals surface area contributed by atoms with Gasteiger partial charge in [-0.05, 0) is 30.2 Å². The predicted molar refractivity (Wildman–Crippen MR) is 65.6 cm³/mol. The fourth-order valence-corrected chi connectivity index (χ4v) is 2.14. The molecule has 2 heterocycles. The minimum absolute atomic E-state index is 0.0553. The second-order valence-corrected chi connectivity index (χ2v) is 4.20. The molecule has 1 amide bonds. The van der Waals surface area contributed by atoms with Crippen molar-refractivity contribution in [2.45, 2.75) is 6.42 Å². The summed E-state index contributed by atoms with van der Waals surface area (Å²) in [5.74, 6) is 0.825. The van der Waals surface area contributed by atoms with E-state index >= 15 is 0 Å². The second-order valence-electron chi connectivity index (χ2n) is 4.20. The van der Waals surface area contributed by atoms with Crippen LogP contribution in [0.3, 0.4) is 0 Å². The van der Waals surface area contributed by atoms with Gasteiger partial charge in [0.2, 0.25) is 0 Å². The number of rotatable bonds is 2. The Hall–Kier alpha value is -2.36. The molecular weight excluding hydrogens is 230 g/mol. The molecule has 3 rings (SSSR count). The average molecular weight is 241 g/mol. The Morgan fingerprint density at radius 2 is 2.11 bits per heavy atom. The largest absolute Gasteiger partial charge is 0.453 e. The summed E-state index contributed by atoms with van der Waals surface area (Å²) in [7, 11) is 0. The van der Waals surface area contributed by atoms with Crippen molar-refractivity contribution in [1.82, 2.24) is 5.32 Å². The second kappa shape index (κ2) is 4.14. The molecule has 1 aliphatic heterocycles. The van der Waals surface area contributed by atoms with Crippen molar-refractivity contribution in [1.29, 1.82) is 0 Å². The smallest absolute Gasteiger partial charge is 0.251 e. The summed E-state index contributed by atoms with van der Waals surface area (Å²) in [4.78, 5) is 22.3. The van der Waals surface area contributed by atoms with Gasteiger partial charge in [-0.3, -0.25) is 9.59 Å². The quantitative estimate of drug-likeness (QED) is 0.818. The monoisotopic (exact) mass is 241 g/mol. The van der Waals surface area contributed by atoms with Crippen LogP contribution in [0.4, 0.5) is 0 Å². The number of benzene rings is 1. The number of hydrogen-bond acceptors (Lipinski definition) is 3. The van der Waals surface area contributed by atoms with E-state index in [-0.39, 0.29) is 11.7 Å². The predicted octanol–water partition coefficient (Wildman–Crippen LogP) is 2.04. The molecule has 0 bridgehead atoms. The number of carbonyl (C=O) groups excluding carboxylic acids is 2. The molecule has 18 heavy (non-hydrogen) atoms. The van der Waals surface area contributed by atoms with Crippen molar-refractivity contribution >= 4 is 12.2 Å². The van der Waals surface area contributed by atoms with Crippen molar-refractivity contribution in [3.63, 3.8) is 0 Å². The van der Waals surface area contributed by atoms with Gasteiger partial charge < -0.3 is 9.73 Å². The molecule has 1 N–H and O–H groups in total. The lowest BCUT2D eigenvalue weighted by molar-refractivity contribution is 0.0945. The molecule has 1 aromatic carbocycles. The summed E-state index contributed by atoms with van der Waals surface area (Å²) >= 11 is 0. The number of nitrogens with one attached hydrogen (secondary N) is 1. The van der Waals surface area contributed by atoms with Crippen molar-refractivity contribution in [2.24, 2.45) is 0 Å². The Morgan fingerprint density at radius 1 is 1.22 bits per heavy atom. The van der Waals surface area contributed by atoms with E-state index in [9.17, 15) is 9.59 Å². The van der Waals surface area contributed by atoms with Gasteiger partial charge in [-0.1, -0.05) is 12.1 Å². The molecule has 0 saturated carbocycles. The summed E-state index contributed by atoms with van der Waals surface area (Å²) in [6.45, 7) is 0.682. The molecule has 0 fully saturated rings. The molecule has 0 unspecified atom stereocenters. The highest BCUT2D eigenvalue weighted by Gasteiger charge is 2.17. The van der Waals surface area contributed by atoms with Crippen LogP contribution in [0, 0.1) is 0 Å². The van der Waals surface area contributed by atoms with Gasteiger partial charge in [-0.2, -0.15) is 0 Å². The van der Waals surface area contributed by atoms with E-state index in [0.717, 1.165) is 17.5 Å². The van der Waals surface area contributed by atoms with Crippen LogP contribution in [-0.2, 0) is 6.42 Å². The van der Waals surface area contributed by atoms with Crippen LogP contribution in [0.1, 0.15) is 26.5 Å². The van der Waals surface area contributed by atoms with E-state index in [1.54, 1.807) is 18.2 Å². The van der Waals surface area contributed by atoms with Gasteiger partial charge >= 0.3 is 0 Å². The van der Waals surface area contributed by atoms with E-state index in [2.05, 4.69) is 5.32 Å². The van der Waals surface area contributed by atoms with E-state index in [1.165, 1.54) is 0 Å². The maximum absolute atomic E-state index is 11.7. The molecule has 1 aliphatic rings. The molecule has 2 aromatic rings. The SMILES string of the molecule is O=Cc1ccc(-c2ccc3c(c2)C(=O)NCC3)o1. The normalized spacial score (nSPS) is 13.9. The first-order chi connectivity index (χ1) is 8.78. The van der Waals surface area contributed by atoms with Crippen LogP contribution in [0.5, 0.6) is 0 Å². The molecule has 4 nitrogen and oxygen atoms in total. The summed E-state index contributed by atoms with van der Waals surface area (Å²) in [6, 6.07) is 8.99. The highest BCUT2D eigenvalue weighted by atomic mass is 16.3. The Morgan fingerprint density at radius 3 is 2.89 bits per heavy atom. The van der Waals surface area contributed by atoms with Crippen LogP contribution >= 0.6 is 0 Å². The van der Waals surface area contributed by atoms with Crippen molar-refractivity contribution in [2.75, 3.05) is 6.54 Å². The minimum Gasteiger partial charge on any atom is -0.453 e. The van der Waals surface area contributed by atoms with Gasteiger partial charge in [0.05, 0.1) is 0 Å². The molecule has 0 radical (unpaired) electrons. The number of amides is 1. The van der Waals surface area contributed by atoms with Gasteiger partial charge in [0.15, 0.2) is 12.0 Å². The van der Waals surface area contributed by atoms with E-state index in [1.807, 2.05) is 12.1 Å². The standard InChI is InChI=1S/C14H11NO3/c16-8-11-3-4-13(18-11)10-2-1-9-5-6-15-14(17)12(9)7-10/h1-4,7-8H,5-6H2,(H,15,17). The third-order valence-corrected chi connectivity index (χ3v) is 3.06. The summed E-state index contributed by atoms with van der Waals surface area (Å²) < 4.78 is 5.35. The number of fused-ring (bicyclic) bond motifs is 1. The third-order valence-electron chi connectivity index (χ3n) is 3.06. The Kier molecular flexibility index (Phi) is 2.48. The molecule has 4 heteroatoms. The first-order valence-electron chi connectivity index (χ1n) is 5.74.